The normalized spacial score (nSPS) is 17.5. The summed E-state index contributed by atoms with van der Waals surface area (Å²) >= 11 is 0. The number of hydrogen-bond acceptors (Lipinski definition) is 5. The molecule has 4 aromatic rings. The van der Waals surface area contributed by atoms with Crippen LogP contribution in [0, 0.1) is 6.92 Å². The van der Waals surface area contributed by atoms with E-state index in [2.05, 4.69) is 35.8 Å². The number of fused-ring (bicyclic) bond motifs is 1. The quantitative estimate of drug-likeness (QED) is 0.347. The number of anilines is 2. The Bertz CT molecular complexity index is 1310. The summed E-state index contributed by atoms with van der Waals surface area (Å²) in [7, 11) is 4.03. The van der Waals surface area contributed by atoms with E-state index in [1.807, 2.05) is 79.7 Å². The summed E-state index contributed by atoms with van der Waals surface area (Å²) < 4.78 is 0. The van der Waals surface area contributed by atoms with E-state index in [9.17, 15) is 4.79 Å². The highest BCUT2D eigenvalue weighted by molar-refractivity contribution is 5.91. The van der Waals surface area contributed by atoms with Gasteiger partial charge >= 0.3 is 0 Å². The topological polar surface area (TPSA) is 70.1 Å². The molecule has 6 nitrogen and oxygen atoms in total. The number of amides is 1. The second kappa shape index (κ2) is 11.0. The van der Waals surface area contributed by atoms with Crippen LogP contribution in [0.5, 0.6) is 0 Å². The average Bonchev–Trinajstić information content (AvgIpc) is 2.91. The van der Waals surface area contributed by atoms with Gasteiger partial charge in [-0.25, -0.2) is 4.98 Å². The van der Waals surface area contributed by atoms with E-state index in [1.54, 1.807) is 0 Å². The number of rotatable bonds is 7. The molecule has 190 valence electrons. The summed E-state index contributed by atoms with van der Waals surface area (Å²) in [5.74, 6) is 1.35. The van der Waals surface area contributed by atoms with E-state index >= 15 is 0 Å². The van der Waals surface area contributed by atoms with Crippen molar-refractivity contribution in [2.45, 2.75) is 50.6 Å². The number of aromatic nitrogens is 2. The van der Waals surface area contributed by atoms with Crippen molar-refractivity contribution in [3.63, 3.8) is 0 Å². The van der Waals surface area contributed by atoms with Gasteiger partial charge in [-0.05, 0) is 55.9 Å². The van der Waals surface area contributed by atoms with Gasteiger partial charge in [-0.2, -0.15) is 4.98 Å². The van der Waals surface area contributed by atoms with Crippen molar-refractivity contribution >= 4 is 28.6 Å². The number of nitrogens with zero attached hydrogens (tertiary/aromatic N) is 3. The zero-order valence-corrected chi connectivity index (χ0v) is 21.8. The fourth-order valence-corrected chi connectivity index (χ4v) is 5.27. The molecule has 3 aromatic carbocycles. The Hall–Kier alpha value is -3.93. The third-order valence-corrected chi connectivity index (χ3v) is 7.19. The van der Waals surface area contributed by atoms with Gasteiger partial charge in [0.15, 0.2) is 0 Å². The van der Waals surface area contributed by atoms with Crippen LogP contribution in [0.1, 0.15) is 48.3 Å². The van der Waals surface area contributed by atoms with Gasteiger partial charge in [0.2, 0.25) is 11.9 Å². The fraction of sp³-hybridized carbons (Fsp3) is 0.323. The Morgan fingerprint density at radius 1 is 0.838 bits per heavy atom. The molecule has 2 N–H and O–H groups in total. The summed E-state index contributed by atoms with van der Waals surface area (Å²) in [6.45, 7) is 2.09. The molecule has 0 atom stereocenters. The number of carbonyl (C=O) groups is 1. The fourth-order valence-electron chi connectivity index (χ4n) is 5.27. The van der Waals surface area contributed by atoms with Crippen molar-refractivity contribution < 1.29 is 4.79 Å². The zero-order valence-electron chi connectivity index (χ0n) is 21.8. The van der Waals surface area contributed by atoms with Gasteiger partial charge in [-0.1, -0.05) is 72.3 Å². The summed E-state index contributed by atoms with van der Waals surface area (Å²) in [6.07, 6.45) is 3.76. The van der Waals surface area contributed by atoms with Crippen LogP contribution in [0.3, 0.4) is 0 Å². The van der Waals surface area contributed by atoms with E-state index in [1.165, 1.54) is 5.56 Å². The van der Waals surface area contributed by atoms with Crippen LogP contribution in [-0.2, 0) is 4.79 Å². The standard InChI is InChI=1S/C31H35N5O/c1-21-14-19-27-26(20-21)29(36(2)3)35-31(34-27)33-25-17-15-24(16-18-25)32-30(37)28(22-10-6-4-7-11-22)23-12-8-5-9-13-23/h4-14,19-20,24-25,28H,15-18H2,1-3H3,(H,32,37)(H,33,34,35)/t24-,25+. The highest BCUT2D eigenvalue weighted by Gasteiger charge is 2.28. The van der Waals surface area contributed by atoms with Gasteiger partial charge in [0.1, 0.15) is 5.82 Å². The maximum Gasteiger partial charge on any atom is 0.232 e. The van der Waals surface area contributed by atoms with E-state index < -0.39 is 0 Å². The molecular weight excluding hydrogens is 458 g/mol. The van der Waals surface area contributed by atoms with Crippen LogP contribution >= 0.6 is 0 Å². The molecule has 0 bridgehead atoms. The molecule has 1 fully saturated rings. The lowest BCUT2D eigenvalue weighted by atomic mass is 9.88. The van der Waals surface area contributed by atoms with Crippen molar-refractivity contribution in [1.82, 2.24) is 15.3 Å². The Kier molecular flexibility index (Phi) is 7.35. The molecule has 0 unspecified atom stereocenters. The van der Waals surface area contributed by atoms with E-state index in [0.717, 1.165) is 53.5 Å². The maximum absolute atomic E-state index is 13.5. The van der Waals surface area contributed by atoms with Gasteiger partial charge in [0.25, 0.3) is 0 Å². The molecule has 1 saturated carbocycles. The minimum atomic E-state index is -0.308. The predicted octanol–water partition coefficient (Wildman–Crippen LogP) is 5.68. The third kappa shape index (κ3) is 5.74. The largest absolute Gasteiger partial charge is 0.362 e. The first-order valence-corrected chi connectivity index (χ1v) is 13.1. The number of benzene rings is 3. The van der Waals surface area contributed by atoms with Crippen LogP contribution in [0.2, 0.25) is 0 Å². The highest BCUT2D eigenvalue weighted by Crippen LogP contribution is 2.29. The molecule has 1 aliphatic rings. The van der Waals surface area contributed by atoms with Crippen molar-refractivity contribution in [1.29, 1.82) is 0 Å². The van der Waals surface area contributed by atoms with E-state index in [0.29, 0.717) is 5.95 Å². The molecule has 0 aliphatic heterocycles. The van der Waals surface area contributed by atoms with Gasteiger partial charge in [-0.15, -0.1) is 0 Å². The molecule has 0 spiro atoms. The minimum absolute atomic E-state index is 0.0672. The molecule has 37 heavy (non-hydrogen) atoms. The lowest BCUT2D eigenvalue weighted by Crippen LogP contribution is -2.42. The van der Waals surface area contributed by atoms with Crippen LogP contribution < -0.4 is 15.5 Å². The van der Waals surface area contributed by atoms with Crippen molar-refractivity contribution in [3.05, 3.63) is 95.6 Å². The molecule has 1 amide bonds. The van der Waals surface area contributed by atoms with Crippen LogP contribution in [0.25, 0.3) is 10.9 Å². The van der Waals surface area contributed by atoms with E-state index in [4.69, 9.17) is 9.97 Å². The number of nitrogens with one attached hydrogen (secondary N) is 2. The van der Waals surface area contributed by atoms with Crippen molar-refractivity contribution in [3.8, 4) is 0 Å². The van der Waals surface area contributed by atoms with Gasteiger partial charge in [0.05, 0.1) is 11.4 Å². The predicted molar refractivity (Wildman–Crippen MR) is 151 cm³/mol. The molecule has 0 saturated heterocycles. The van der Waals surface area contributed by atoms with Gasteiger partial charge in [-0.3, -0.25) is 4.79 Å². The highest BCUT2D eigenvalue weighted by atomic mass is 16.1. The first kappa shape index (κ1) is 24.8. The van der Waals surface area contributed by atoms with Crippen LogP contribution in [0.15, 0.2) is 78.9 Å². The summed E-state index contributed by atoms with van der Waals surface area (Å²) in [5, 5.41) is 7.98. The summed E-state index contributed by atoms with van der Waals surface area (Å²) in [5.41, 5.74) is 4.17. The molecule has 0 radical (unpaired) electrons. The number of aryl methyl sites for hydroxylation is 1. The first-order valence-electron chi connectivity index (χ1n) is 13.1. The summed E-state index contributed by atoms with van der Waals surface area (Å²) in [4.78, 5) is 25.1. The average molecular weight is 494 g/mol. The van der Waals surface area contributed by atoms with Crippen molar-refractivity contribution in [2.24, 2.45) is 0 Å². The Balaban J connectivity index is 1.24. The van der Waals surface area contributed by atoms with Gasteiger partial charge in [0, 0.05) is 31.6 Å². The smallest absolute Gasteiger partial charge is 0.232 e. The minimum Gasteiger partial charge on any atom is -0.362 e. The molecule has 5 rings (SSSR count). The lowest BCUT2D eigenvalue weighted by molar-refractivity contribution is -0.122. The van der Waals surface area contributed by atoms with Gasteiger partial charge < -0.3 is 15.5 Å². The molecule has 6 heteroatoms. The number of hydrogen-bond donors (Lipinski definition) is 2. The second-order valence-electron chi connectivity index (χ2n) is 10.2. The lowest BCUT2D eigenvalue weighted by Gasteiger charge is -2.31. The molecule has 1 aliphatic carbocycles. The maximum atomic E-state index is 13.5. The Morgan fingerprint density at radius 3 is 2.03 bits per heavy atom. The Labute approximate surface area is 219 Å². The molecule has 1 aromatic heterocycles. The Morgan fingerprint density at radius 2 is 1.43 bits per heavy atom. The molecular formula is C31H35N5O. The SMILES string of the molecule is Cc1ccc2nc(N[C@H]3CC[C@@H](NC(=O)C(c4ccccc4)c4ccccc4)CC3)nc(N(C)C)c2c1. The monoisotopic (exact) mass is 493 g/mol. The zero-order chi connectivity index (χ0) is 25.8. The number of carbonyl (C=O) groups excluding carboxylic acids is 1. The molecule has 1 heterocycles. The summed E-state index contributed by atoms with van der Waals surface area (Å²) in [6, 6.07) is 26.8. The second-order valence-corrected chi connectivity index (χ2v) is 10.2. The van der Waals surface area contributed by atoms with E-state index in [-0.39, 0.29) is 23.9 Å². The third-order valence-electron chi connectivity index (χ3n) is 7.19. The van der Waals surface area contributed by atoms with Crippen LogP contribution in [0.4, 0.5) is 11.8 Å². The van der Waals surface area contributed by atoms with Crippen molar-refractivity contribution in [2.75, 3.05) is 24.3 Å². The van der Waals surface area contributed by atoms with Crippen LogP contribution in [-0.4, -0.2) is 42.1 Å². The first-order chi connectivity index (χ1) is 18.0.